The fourth-order valence-corrected chi connectivity index (χ4v) is 2.18. The first kappa shape index (κ1) is 13.4. The highest BCUT2D eigenvalue weighted by atomic mass is 16.4. The van der Waals surface area contributed by atoms with Crippen molar-refractivity contribution < 1.29 is 14.7 Å². The summed E-state index contributed by atoms with van der Waals surface area (Å²) in [4.78, 5) is 23.8. The maximum Gasteiger partial charge on any atom is 0.318 e. The van der Waals surface area contributed by atoms with Crippen LogP contribution in [0.1, 0.15) is 29.2 Å². The summed E-state index contributed by atoms with van der Waals surface area (Å²) in [7, 11) is 0. The molecule has 1 aliphatic heterocycles. The molecule has 0 aliphatic carbocycles. The van der Waals surface area contributed by atoms with E-state index >= 15 is 0 Å². The van der Waals surface area contributed by atoms with Gasteiger partial charge in [-0.1, -0.05) is 18.2 Å². The Morgan fingerprint density at radius 3 is 2.79 bits per heavy atom. The predicted molar refractivity (Wildman–Crippen MR) is 71.0 cm³/mol. The van der Waals surface area contributed by atoms with Crippen molar-refractivity contribution in [2.45, 2.75) is 26.3 Å². The van der Waals surface area contributed by atoms with Gasteiger partial charge in [0.05, 0.1) is 12.5 Å². The average molecular weight is 262 g/mol. The van der Waals surface area contributed by atoms with Crippen molar-refractivity contribution in [2.24, 2.45) is 0 Å². The van der Waals surface area contributed by atoms with Crippen molar-refractivity contribution in [1.82, 2.24) is 10.2 Å². The summed E-state index contributed by atoms with van der Waals surface area (Å²) in [5.41, 5.74) is 3.47. The van der Waals surface area contributed by atoms with Crippen LogP contribution in [-0.2, 0) is 4.79 Å². The summed E-state index contributed by atoms with van der Waals surface area (Å²) < 4.78 is 0. The van der Waals surface area contributed by atoms with Crippen LogP contribution >= 0.6 is 0 Å². The Morgan fingerprint density at radius 1 is 1.42 bits per heavy atom. The molecule has 0 bridgehead atoms. The van der Waals surface area contributed by atoms with E-state index in [1.165, 1.54) is 11.1 Å². The molecule has 1 saturated heterocycles. The Hall–Kier alpha value is -2.04. The van der Waals surface area contributed by atoms with Crippen molar-refractivity contribution in [3.63, 3.8) is 0 Å². The number of carbonyl (C=O) groups is 2. The van der Waals surface area contributed by atoms with Gasteiger partial charge in [0.1, 0.15) is 0 Å². The SMILES string of the molecule is Cc1ccc(C2CN(CCC(=O)O)C(=O)N2)cc1C. The zero-order valence-electron chi connectivity index (χ0n) is 11.1. The van der Waals surface area contributed by atoms with Gasteiger partial charge >= 0.3 is 12.0 Å². The number of carboxylic acid groups (broad SMARTS) is 1. The van der Waals surface area contributed by atoms with Gasteiger partial charge in [0.25, 0.3) is 0 Å². The minimum atomic E-state index is -0.887. The van der Waals surface area contributed by atoms with Crippen molar-refractivity contribution in [3.05, 3.63) is 34.9 Å². The number of urea groups is 1. The van der Waals surface area contributed by atoms with Crippen LogP contribution in [0.15, 0.2) is 18.2 Å². The normalized spacial score (nSPS) is 18.5. The van der Waals surface area contributed by atoms with E-state index in [4.69, 9.17) is 5.11 Å². The minimum Gasteiger partial charge on any atom is -0.481 e. The lowest BCUT2D eigenvalue weighted by atomic mass is 10.0. The van der Waals surface area contributed by atoms with Gasteiger partial charge in [0.15, 0.2) is 0 Å². The number of rotatable bonds is 4. The van der Waals surface area contributed by atoms with Crippen LogP contribution in [0.2, 0.25) is 0 Å². The number of hydrogen-bond donors (Lipinski definition) is 2. The molecule has 19 heavy (non-hydrogen) atoms. The topological polar surface area (TPSA) is 69.6 Å². The van der Waals surface area contributed by atoms with Crippen LogP contribution in [0.25, 0.3) is 0 Å². The monoisotopic (exact) mass is 262 g/mol. The number of amides is 2. The highest BCUT2D eigenvalue weighted by Crippen LogP contribution is 2.22. The molecule has 5 nitrogen and oxygen atoms in total. The van der Waals surface area contributed by atoms with E-state index in [-0.39, 0.29) is 25.0 Å². The van der Waals surface area contributed by atoms with Crippen LogP contribution in [0, 0.1) is 13.8 Å². The van der Waals surface area contributed by atoms with E-state index < -0.39 is 5.97 Å². The summed E-state index contributed by atoms with van der Waals surface area (Å²) in [6, 6.07) is 5.87. The Balaban J connectivity index is 2.05. The van der Waals surface area contributed by atoms with Gasteiger partial charge in [-0.25, -0.2) is 4.79 Å². The zero-order valence-corrected chi connectivity index (χ0v) is 11.1. The minimum absolute atomic E-state index is 0.0208. The van der Waals surface area contributed by atoms with Crippen molar-refractivity contribution in [1.29, 1.82) is 0 Å². The number of carbonyl (C=O) groups excluding carboxylic acids is 1. The van der Waals surface area contributed by atoms with Crippen molar-refractivity contribution >= 4 is 12.0 Å². The van der Waals surface area contributed by atoms with Gasteiger partial charge in [0, 0.05) is 13.1 Å². The third kappa shape index (κ3) is 3.05. The molecule has 102 valence electrons. The summed E-state index contributed by atoms with van der Waals surface area (Å²) in [5, 5.41) is 11.5. The predicted octanol–water partition coefficient (Wildman–Crippen LogP) is 1.84. The molecule has 0 spiro atoms. The second-order valence-electron chi connectivity index (χ2n) is 4.94. The Bertz CT molecular complexity index is 513. The van der Waals surface area contributed by atoms with E-state index in [0.717, 1.165) is 5.56 Å². The first-order chi connectivity index (χ1) is 8.97. The second kappa shape index (κ2) is 5.30. The molecule has 0 aromatic heterocycles. The van der Waals surface area contributed by atoms with Crippen LogP contribution in [0.3, 0.4) is 0 Å². The van der Waals surface area contributed by atoms with Crippen LogP contribution < -0.4 is 5.32 Å². The number of aliphatic carboxylic acids is 1. The largest absolute Gasteiger partial charge is 0.481 e. The number of nitrogens with one attached hydrogen (secondary N) is 1. The Morgan fingerprint density at radius 2 is 2.16 bits per heavy atom. The molecule has 2 N–H and O–H groups in total. The third-order valence-electron chi connectivity index (χ3n) is 3.52. The van der Waals surface area contributed by atoms with E-state index in [9.17, 15) is 9.59 Å². The quantitative estimate of drug-likeness (QED) is 0.870. The Kier molecular flexibility index (Phi) is 3.74. The van der Waals surface area contributed by atoms with E-state index in [1.54, 1.807) is 4.90 Å². The molecule has 0 saturated carbocycles. The van der Waals surface area contributed by atoms with Crippen LogP contribution in [0.5, 0.6) is 0 Å². The first-order valence-corrected chi connectivity index (χ1v) is 6.32. The molecule has 1 aromatic rings. The lowest BCUT2D eigenvalue weighted by Gasteiger charge is -2.14. The molecule has 2 amide bonds. The van der Waals surface area contributed by atoms with Gasteiger partial charge in [0.2, 0.25) is 0 Å². The molecule has 0 radical (unpaired) electrons. The van der Waals surface area contributed by atoms with E-state index in [2.05, 4.69) is 11.4 Å². The molecule has 1 aromatic carbocycles. The molecule has 1 unspecified atom stereocenters. The summed E-state index contributed by atoms with van der Waals surface area (Å²) in [6.45, 7) is 4.86. The Labute approximate surface area is 112 Å². The molecule has 1 atom stereocenters. The summed E-state index contributed by atoms with van der Waals surface area (Å²) in [5.74, 6) is -0.887. The van der Waals surface area contributed by atoms with Gasteiger partial charge in [-0.3, -0.25) is 4.79 Å². The maximum atomic E-state index is 11.7. The highest BCUT2D eigenvalue weighted by Gasteiger charge is 2.29. The number of nitrogens with zero attached hydrogens (tertiary/aromatic N) is 1. The molecule has 1 heterocycles. The molecule has 1 aliphatic rings. The summed E-state index contributed by atoms with van der Waals surface area (Å²) in [6.07, 6.45) is -0.0208. The fourth-order valence-electron chi connectivity index (χ4n) is 2.18. The first-order valence-electron chi connectivity index (χ1n) is 6.32. The lowest BCUT2D eigenvalue weighted by Crippen LogP contribution is -2.30. The average Bonchev–Trinajstić information content (AvgIpc) is 2.71. The molecular weight excluding hydrogens is 244 g/mol. The highest BCUT2D eigenvalue weighted by molar-refractivity contribution is 5.78. The second-order valence-corrected chi connectivity index (χ2v) is 4.94. The van der Waals surface area contributed by atoms with Crippen LogP contribution in [-0.4, -0.2) is 35.1 Å². The van der Waals surface area contributed by atoms with E-state index in [1.807, 2.05) is 26.0 Å². The van der Waals surface area contributed by atoms with Crippen LogP contribution in [0.4, 0.5) is 4.79 Å². The van der Waals surface area contributed by atoms with Crippen molar-refractivity contribution in [3.8, 4) is 0 Å². The third-order valence-corrected chi connectivity index (χ3v) is 3.52. The number of carboxylic acids is 1. The molecule has 5 heteroatoms. The molecular formula is C14H18N2O3. The standard InChI is InChI=1S/C14H18N2O3/c1-9-3-4-11(7-10(9)2)12-8-16(14(19)15-12)6-5-13(17)18/h3-4,7,12H,5-6,8H2,1-2H3,(H,15,19)(H,17,18). The number of aryl methyl sites for hydroxylation is 2. The number of hydrogen-bond acceptors (Lipinski definition) is 2. The maximum absolute atomic E-state index is 11.7. The molecule has 1 fully saturated rings. The number of benzene rings is 1. The van der Waals surface area contributed by atoms with Gasteiger partial charge in [-0.05, 0) is 30.5 Å². The van der Waals surface area contributed by atoms with E-state index in [0.29, 0.717) is 6.54 Å². The lowest BCUT2D eigenvalue weighted by molar-refractivity contribution is -0.137. The van der Waals surface area contributed by atoms with Gasteiger partial charge in [-0.15, -0.1) is 0 Å². The van der Waals surface area contributed by atoms with Gasteiger partial charge < -0.3 is 15.3 Å². The van der Waals surface area contributed by atoms with Gasteiger partial charge in [-0.2, -0.15) is 0 Å². The summed E-state index contributed by atoms with van der Waals surface area (Å²) >= 11 is 0. The molecule has 2 rings (SSSR count). The smallest absolute Gasteiger partial charge is 0.318 e. The fraction of sp³-hybridized carbons (Fsp3) is 0.429. The zero-order chi connectivity index (χ0) is 14.0. The van der Waals surface area contributed by atoms with Crippen molar-refractivity contribution in [2.75, 3.05) is 13.1 Å².